The lowest BCUT2D eigenvalue weighted by Gasteiger charge is -2.28. The topological polar surface area (TPSA) is 99.9 Å². The highest BCUT2D eigenvalue weighted by Gasteiger charge is 2.47. The van der Waals surface area contributed by atoms with Crippen molar-refractivity contribution in [1.29, 1.82) is 0 Å². The van der Waals surface area contributed by atoms with Crippen molar-refractivity contribution in [2.45, 2.75) is 62.6 Å². The lowest BCUT2D eigenvalue weighted by molar-refractivity contribution is -0.140. The molecule has 26 heavy (non-hydrogen) atoms. The van der Waals surface area contributed by atoms with Crippen LogP contribution < -0.4 is 5.48 Å². The molecule has 140 valence electrons. The summed E-state index contributed by atoms with van der Waals surface area (Å²) in [6, 6.07) is -1.31. The maximum absolute atomic E-state index is 12.4. The van der Waals surface area contributed by atoms with Crippen molar-refractivity contribution in [1.82, 2.24) is 25.2 Å². The Morgan fingerprint density at radius 1 is 1.31 bits per heavy atom. The van der Waals surface area contributed by atoms with Gasteiger partial charge in [0.1, 0.15) is 12.6 Å². The van der Waals surface area contributed by atoms with E-state index in [1.165, 1.54) is 35.4 Å². The van der Waals surface area contributed by atoms with Crippen molar-refractivity contribution in [3.05, 3.63) is 17.0 Å². The Hall–Kier alpha value is -2.13. The predicted octanol–water partition coefficient (Wildman–Crippen LogP) is 0.990. The first kappa shape index (κ1) is 16.1. The summed E-state index contributed by atoms with van der Waals surface area (Å²) < 4.78 is 1.96. The summed E-state index contributed by atoms with van der Waals surface area (Å²) in [7, 11) is 1.97. The van der Waals surface area contributed by atoms with Crippen LogP contribution >= 0.6 is 0 Å². The molecule has 0 spiro atoms. The molecule has 5 rings (SSSR count). The second-order valence-corrected chi connectivity index (χ2v) is 7.86. The van der Waals surface area contributed by atoms with Crippen LogP contribution in [0.4, 0.5) is 4.79 Å². The van der Waals surface area contributed by atoms with E-state index < -0.39 is 12.1 Å². The van der Waals surface area contributed by atoms with Crippen LogP contribution in [0.1, 0.15) is 60.9 Å². The minimum atomic E-state index is -0.596. The number of urea groups is 1. The number of amides is 3. The summed E-state index contributed by atoms with van der Waals surface area (Å²) in [4.78, 5) is 31.3. The summed E-state index contributed by atoms with van der Waals surface area (Å²) in [6.45, 7) is 0.609. The molecular weight excluding hydrogens is 338 g/mol. The molecule has 2 saturated heterocycles. The van der Waals surface area contributed by atoms with E-state index in [4.69, 9.17) is 4.84 Å². The molecule has 2 aliphatic carbocycles. The number of carbonyl (C=O) groups is 2. The van der Waals surface area contributed by atoms with Gasteiger partial charge in [-0.2, -0.15) is 5.10 Å². The molecule has 4 unspecified atom stereocenters. The molecule has 3 fully saturated rings. The third-order valence-electron chi connectivity index (χ3n) is 6.46. The van der Waals surface area contributed by atoms with Gasteiger partial charge in [-0.15, -0.1) is 0 Å². The maximum atomic E-state index is 12.4. The largest absolute Gasteiger partial charge is 0.344 e. The number of piperidine rings is 1. The monoisotopic (exact) mass is 361 g/mol. The molecule has 4 atom stereocenters. The number of aryl methyl sites for hydroxylation is 1. The van der Waals surface area contributed by atoms with Crippen LogP contribution in [0.2, 0.25) is 0 Å². The molecule has 4 aliphatic rings. The molecule has 3 heterocycles. The van der Waals surface area contributed by atoms with Crippen molar-refractivity contribution in [2.75, 3.05) is 6.54 Å². The summed E-state index contributed by atoms with van der Waals surface area (Å²) in [5, 5.41) is 15.0. The molecule has 2 N–H and O–H groups in total. The summed E-state index contributed by atoms with van der Waals surface area (Å²) >= 11 is 0. The number of rotatable bonds is 4. The quantitative estimate of drug-likeness (QED) is 0.615. The van der Waals surface area contributed by atoms with Crippen molar-refractivity contribution in [2.24, 2.45) is 7.05 Å². The number of hydrogen-bond donors (Lipinski definition) is 2. The number of aromatic nitrogens is 2. The summed E-state index contributed by atoms with van der Waals surface area (Å²) in [5.41, 5.74) is 6.02. The van der Waals surface area contributed by atoms with E-state index in [2.05, 4.69) is 10.6 Å². The summed E-state index contributed by atoms with van der Waals surface area (Å²) in [6.07, 6.45) is 4.78. The predicted molar refractivity (Wildman–Crippen MR) is 88.0 cm³/mol. The average Bonchev–Trinajstić information content (AvgIpc) is 3.37. The van der Waals surface area contributed by atoms with Crippen LogP contribution in [0.15, 0.2) is 0 Å². The molecule has 4 bridgehead atoms. The zero-order valence-electron chi connectivity index (χ0n) is 14.7. The van der Waals surface area contributed by atoms with Crippen molar-refractivity contribution < 1.29 is 19.6 Å². The first-order valence-corrected chi connectivity index (χ1v) is 9.30. The number of carbonyl (C=O) groups excluding carboxylic acids is 2. The molecule has 2 aliphatic heterocycles. The fourth-order valence-corrected chi connectivity index (χ4v) is 5.31. The van der Waals surface area contributed by atoms with E-state index in [0.29, 0.717) is 31.2 Å². The Bertz CT molecular complexity index is 777. The van der Waals surface area contributed by atoms with Crippen molar-refractivity contribution in [3.8, 4) is 0 Å². The number of hydrogen-bond acceptors (Lipinski definition) is 5. The van der Waals surface area contributed by atoms with Crippen LogP contribution in [-0.4, -0.2) is 55.5 Å². The van der Waals surface area contributed by atoms with Crippen molar-refractivity contribution >= 4 is 11.9 Å². The highest BCUT2D eigenvalue weighted by molar-refractivity contribution is 5.87. The van der Waals surface area contributed by atoms with E-state index in [9.17, 15) is 14.8 Å². The van der Waals surface area contributed by atoms with Crippen LogP contribution in [0.25, 0.3) is 0 Å². The van der Waals surface area contributed by atoms with Gasteiger partial charge < -0.3 is 4.90 Å². The fourth-order valence-electron chi connectivity index (χ4n) is 5.31. The lowest BCUT2D eigenvalue weighted by atomic mass is 9.96. The molecule has 9 nitrogen and oxygen atoms in total. The van der Waals surface area contributed by atoms with Crippen molar-refractivity contribution in [3.63, 3.8) is 0 Å². The molecule has 1 saturated carbocycles. The van der Waals surface area contributed by atoms with Gasteiger partial charge in [0.05, 0.1) is 11.7 Å². The Balaban J connectivity index is 1.22. The van der Waals surface area contributed by atoms with E-state index >= 15 is 0 Å². The smallest absolute Gasteiger partial charge is 0.309 e. The SMILES string of the molecule is Cn1nc(CONC(=O)C2CCC3CN2C(=O)N3O)c2c1C1CCC2C1. The molecule has 0 radical (unpaired) electrons. The van der Waals surface area contributed by atoms with E-state index in [1.807, 2.05) is 11.7 Å². The Morgan fingerprint density at radius 2 is 2.12 bits per heavy atom. The normalized spacial score (nSPS) is 31.7. The molecule has 0 aromatic carbocycles. The minimum Gasteiger partial charge on any atom is -0.309 e. The van der Waals surface area contributed by atoms with Crippen LogP contribution in [0, 0.1) is 0 Å². The summed E-state index contributed by atoms with van der Waals surface area (Å²) in [5.74, 6) is 0.848. The second kappa shape index (κ2) is 5.68. The van der Waals surface area contributed by atoms with Gasteiger partial charge >= 0.3 is 6.03 Å². The van der Waals surface area contributed by atoms with Crippen LogP contribution in [-0.2, 0) is 23.3 Å². The van der Waals surface area contributed by atoms with Gasteiger partial charge in [-0.1, -0.05) is 0 Å². The van der Waals surface area contributed by atoms with Gasteiger partial charge in [-0.25, -0.2) is 15.3 Å². The van der Waals surface area contributed by atoms with Gasteiger partial charge in [0.15, 0.2) is 0 Å². The number of nitrogens with one attached hydrogen (secondary N) is 1. The highest BCUT2D eigenvalue weighted by atomic mass is 16.7. The molecule has 9 heteroatoms. The maximum Gasteiger partial charge on any atom is 0.344 e. The molecular formula is C17H23N5O4. The van der Waals surface area contributed by atoms with Crippen LogP contribution in [0.3, 0.4) is 0 Å². The first-order valence-electron chi connectivity index (χ1n) is 9.30. The average molecular weight is 361 g/mol. The van der Waals surface area contributed by atoms with Gasteiger partial charge in [0, 0.05) is 30.8 Å². The van der Waals surface area contributed by atoms with Crippen LogP contribution in [0.5, 0.6) is 0 Å². The minimum absolute atomic E-state index is 0.209. The Kier molecular flexibility index (Phi) is 3.51. The second-order valence-electron chi connectivity index (χ2n) is 7.86. The number of hydroxylamine groups is 3. The molecule has 1 aromatic rings. The van der Waals surface area contributed by atoms with Gasteiger partial charge in [-0.3, -0.25) is 19.5 Å². The Labute approximate surface area is 150 Å². The molecule has 1 aromatic heterocycles. The van der Waals surface area contributed by atoms with Gasteiger partial charge in [-0.05, 0) is 38.0 Å². The standard InChI is InChI=1S/C17H23N5O4/c1-20-15-10-3-2-9(6-10)14(15)12(18-20)8-26-19-16(23)13-5-4-11-7-21(13)17(24)22(11)25/h9-11,13,25H,2-8H2,1H3,(H,19,23). The zero-order valence-corrected chi connectivity index (χ0v) is 14.7. The van der Waals surface area contributed by atoms with Gasteiger partial charge in [0.2, 0.25) is 0 Å². The zero-order chi connectivity index (χ0) is 18.0. The van der Waals surface area contributed by atoms with E-state index in [1.54, 1.807) is 0 Å². The van der Waals surface area contributed by atoms with E-state index in [0.717, 1.165) is 10.8 Å². The fraction of sp³-hybridized carbons (Fsp3) is 0.706. The Morgan fingerprint density at radius 3 is 2.96 bits per heavy atom. The van der Waals surface area contributed by atoms with Gasteiger partial charge in [0.25, 0.3) is 5.91 Å². The third-order valence-corrected chi connectivity index (χ3v) is 6.46. The lowest BCUT2D eigenvalue weighted by Crippen LogP contribution is -2.49. The van der Waals surface area contributed by atoms with E-state index in [-0.39, 0.29) is 18.6 Å². The third kappa shape index (κ3) is 2.20. The number of fused-ring (bicyclic) bond motifs is 7. The molecule has 3 amide bonds. The highest BCUT2D eigenvalue weighted by Crippen LogP contribution is 2.53. The number of nitrogens with zero attached hydrogens (tertiary/aromatic N) is 4. The first-order chi connectivity index (χ1) is 12.5.